The summed E-state index contributed by atoms with van der Waals surface area (Å²) in [5, 5.41) is 3.07. The lowest BCUT2D eigenvalue weighted by Gasteiger charge is -2.15. The smallest absolute Gasteiger partial charge is 0.166 e. The van der Waals surface area contributed by atoms with E-state index in [1.54, 1.807) is 7.11 Å². The van der Waals surface area contributed by atoms with Crippen molar-refractivity contribution in [2.24, 2.45) is 0 Å². The molecule has 17 heavy (non-hydrogen) atoms. The molecule has 0 fully saturated rings. The quantitative estimate of drug-likeness (QED) is 0.830. The third-order valence-electron chi connectivity index (χ3n) is 2.66. The van der Waals surface area contributed by atoms with Gasteiger partial charge in [-0.1, -0.05) is 0 Å². The Bertz CT molecular complexity index is 367. The van der Waals surface area contributed by atoms with Crippen LogP contribution in [0.5, 0.6) is 11.5 Å². The monoisotopic (exact) mass is 241 g/mol. The molecule has 4 heteroatoms. The van der Waals surface area contributed by atoms with E-state index in [2.05, 4.69) is 5.32 Å². The number of nitrogens with one attached hydrogen (secondary N) is 1. The summed E-state index contributed by atoms with van der Waals surface area (Å²) in [6.07, 6.45) is -0.246. The summed E-state index contributed by atoms with van der Waals surface area (Å²) >= 11 is 0. The Hall–Kier alpha value is -1.29. The number of rotatable bonds is 6. The van der Waals surface area contributed by atoms with Crippen molar-refractivity contribution in [1.82, 2.24) is 5.32 Å². The summed E-state index contributed by atoms with van der Waals surface area (Å²) in [5.74, 6) is 1.07. The lowest BCUT2D eigenvalue weighted by Crippen LogP contribution is -2.11. The Kier molecular flexibility index (Phi) is 5.22. The first-order chi connectivity index (χ1) is 8.13. The fraction of sp³-hybridized carbons (Fsp3) is 0.538. The zero-order valence-electron chi connectivity index (χ0n) is 10.8. The zero-order valence-corrected chi connectivity index (χ0v) is 10.8. The summed E-state index contributed by atoms with van der Waals surface area (Å²) in [5.41, 5.74) is 1.58. The highest BCUT2D eigenvalue weighted by Gasteiger charge is 2.16. The first kappa shape index (κ1) is 13.8. The molecule has 0 aliphatic heterocycles. The SMILES string of the molecule is CNCCc1cc(OC)c(OC)c(C(C)F)c1. The second-order valence-corrected chi connectivity index (χ2v) is 3.89. The lowest BCUT2D eigenvalue weighted by molar-refractivity contribution is 0.323. The van der Waals surface area contributed by atoms with E-state index >= 15 is 0 Å². The number of benzene rings is 1. The second kappa shape index (κ2) is 6.45. The van der Waals surface area contributed by atoms with Crippen LogP contribution in [0.15, 0.2) is 12.1 Å². The molecule has 1 unspecified atom stereocenters. The van der Waals surface area contributed by atoms with Crippen molar-refractivity contribution in [1.29, 1.82) is 0 Å². The van der Waals surface area contributed by atoms with E-state index in [-0.39, 0.29) is 0 Å². The highest BCUT2D eigenvalue weighted by molar-refractivity contribution is 5.50. The molecule has 1 aromatic rings. The Labute approximate surface area is 102 Å². The number of likely N-dealkylation sites (N-methyl/N-ethyl adjacent to an activating group) is 1. The minimum atomic E-state index is -1.08. The van der Waals surface area contributed by atoms with E-state index in [4.69, 9.17) is 9.47 Å². The minimum absolute atomic E-state index is 0.482. The minimum Gasteiger partial charge on any atom is -0.493 e. The maximum atomic E-state index is 13.5. The van der Waals surface area contributed by atoms with Crippen LogP contribution < -0.4 is 14.8 Å². The van der Waals surface area contributed by atoms with Crippen LogP contribution in [0.1, 0.15) is 24.2 Å². The van der Waals surface area contributed by atoms with Crippen LogP contribution in [-0.4, -0.2) is 27.8 Å². The normalized spacial score (nSPS) is 12.3. The summed E-state index contributed by atoms with van der Waals surface area (Å²) in [4.78, 5) is 0. The molecule has 0 amide bonds. The van der Waals surface area contributed by atoms with Crippen molar-refractivity contribution < 1.29 is 13.9 Å². The van der Waals surface area contributed by atoms with Gasteiger partial charge in [0.1, 0.15) is 6.17 Å². The van der Waals surface area contributed by atoms with Crippen molar-refractivity contribution in [2.75, 3.05) is 27.8 Å². The molecule has 1 aromatic carbocycles. The Morgan fingerprint density at radius 1 is 1.29 bits per heavy atom. The molecule has 0 spiro atoms. The number of hydrogen-bond donors (Lipinski definition) is 1. The first-order valence-electron chi connectivity index (χ1n) is 5.67. The summed E-state index contributed by atoms with van der Waals surface area (Å²) in [7, 11) is 4.98. The topological polar surface area (TPSA) is 30.5 Å². The van der Waals surface area contributed by atoms with Crippen LogP contribution in [0.4, 0.5) is 4.39 Å². The fourth-order valence-corrected chi connectivity index (χ4v) is 1.76. The molecule has 0 heterocycles. The largest absolute Gasteiger partial charge is 0.493 e. The van der Waals surface area contributed by atoms with Crippen LogP contribution >= 0.6 is 0 Å². The van der Waals surface area contributed by atoms with Crippen molar-refractivity contribution in [3.05, 3.63) is 23.3 Å². The molecular formula is C13H20FNO2. The first-order valence-corrected chi connectivity index (χ1v) is 5.67. The van der Waals surface area contributed by atoms with Crippen LogP contribution in [0.2, 0.25) is 0 Å². The number of alkyl halides is 1. The Morgan fingerprint density at radius 2 is 2.00 bits per heavy atom. The molecule has 0 saturated carbocycles. The van der Waals surface area contributed by atoms with E-state index in [1.807, 2.05) is 19.2 Å². The third-order valence-corrected chi connectivity index (χ3v) is 2.66. The van der Waals surface area contributed by atoms with Gasteiger partial charge in [-0.25, -0.2) is 4.39 Å². The molecule has 0 aliphatic carbocycles. The highest BCUT2D eigenvalue weighted by atomic mass is 19.1. The molecule has 0 aliphatic rings. The van der Waals surface area contributed by atoms with Crippen LogP contribution in [0.3, 0.4) is 0 Å². The van der Waals surface area contributed by atoms with Crippen molar-refractivity contribution in [3.63, 3.8) is 0 Å². The number of hydrogen-bond acceptors (Lipinski definition) is 3. The molecular weight excluding hydrogens is 221 g/mol. The molecule has 0 radical (unpaired) electrons. The molecule has 0 aromatic heterocycles. The van der Waals surface area contributed by atoms with Crippen LogP contribution in [-0.2, 0) is 6.42 Å². The fourth-order valence-electron chi connectivity index (χ4n) is 1.76. The number of ether oxygens (including phenoxy) is 2. The summed E-state index contributed by atoms with van der Waals surface area (Å²) < 4.78 is 24.0. The van der Waals surface area contributed by atoms with Crippen LogP contribution in [0, 0.1) is 0 Å². The standard InChI is InChI=1S/C13H20FNO2/c1-9(14)11-7-10(5-6-15-2)8-12(16-3)13(11)17-4/h7-9,15H,5-6H2,1-4H3. The van der Waals surface area contributed by atoms with Gasteiger partial charge < -0.3 is 14.8 Å². The molecule has 96 valence electrons. The van der Waals surface area contributed by atoms with Gasteiger partial charge in [-0.05, 0) is 44.6 Å². The molecule has 3 nitrogen and oxygen atoms in total. The summed E-state index contributed by atoms with van der Waals surface area (Å²) in [6, 6.07) is 3.73. The van der Waals surface area contributed by atoms with Gasteiger partial charge in [0.05, 0.1) is 14.2 Å². The lowest BCUT2D eigenvalue weighted by atomic mass is 10.0. The van der Waals surface area contributed by atoms with Gasteiger partial charge in [0, 0.05) is 5.56 Å². The Morgan fingerprint density at radius 3 is 2.47 bits per heavy atom. The second-order valence-electron chi connectivity index (χ2n) is 3.89. The number of halogens is 1. The van der Waals surface area contributed by atoms with Crippen molar-refractivity contribution in [3.8, 4) is 11.5 Å². The van der Waals surface area contributed by atoms with Gasteiger partial charge in [0.15, 0.2) is 11.5 Å². The van der Waals surface area contributed by atoms with E-state index in [0.717, 1.165) is 18.5 Å². The van der Waals surface area contributed by atoms with Gasteiger partial charge in [-0.3, -0.25) is 0 Å². The average Bonchev–Trinajstić information content (AvgIpc) is 2.34. The van der Waals surface area contributed by atoms with Crippen LogP contribution in [0.25, 0.3) is 0 Å². The molecule has 1 rings (SSSR count). The molecule has 1 N–H and O–H groups in total. The predicted octanol–water partition coefficient (Wildman–Crippen LogP) is 2.50. The molecule has 0 saturated heterocycles. The van der Waals surface area contributed by atoms with Gasteiger partial charge in [-0.15, -0.1) is 0 Å². The Balaban J connectivity index is 3.15. The predicted molar refractivity (Wildman–Crippen MR) is 66.7 cm³/mol. The van der Waals surface area contributed by atoms with Gasteiger partial charge >= 0.3 is 0 Å². The van der Waals surface area contributed by atoms with Gasteiger partial charge in [0.2, 0.25) is 0 Å². The summed E-state index contributed by atoms with van der Waals surface area (Å²) in [6.45, 7) is 2.34. The number of methoxy groups -OCH3 is 2. The van der Waals surface area contributed by atoms with Crippen molar-refractivity contribution in [2.45, 2.75) is 19.5 Å². The van der Waals surface area contributed by atoms with E-state index < -0.39 is 6.17 Å². The highest BCUT2D eigenvalue weighted by Crippen LogP contribution is 2.37. The van der Waals surface area contributed by atoms with Crippen molar-refractivity contribution >= 4 is 0 Å². The maximum absolute atomic E-state index is 13.5. The molecule has 0 bridgehead atoms. The van der Waals surface area contributed by atoms with E-state index in [9.17, 15) is 4.39 Å². The average molecular weight is 241 g/mol. The van der Waals surface area contributed by atoms with Gasteiger partial charge in [-0.2, -0.15) is 0 Å². The maximum Gasteiger partial charge on any atom is 0.166 e. The molecule has 1 atom stereocenters. The van der Waals surface area contributed by atoms with E-state index in [1.165, 1.54) is 14.0 Å². The zero-order chi connectivity index (χ0) is 12.8. The van der Waals surface area contributed by atoms with Gasteiger partial charge in [0.25, 0.3) is 0 Å². The third kappa shape index (κ3) is 3.33. The van der Waals surface area contributed by atoms with E-state index in [0.29, 0.717) is 17.1 Å².